The van der Waals surface area contributed by atoms with E-state index in [0.717, 1.165) is 0 Å². The normalized spacial score (nSPS) is 23.5. The number of rotatable bonds is 2. The molecule has 0 unspecified atom stereocenters. The number of nitrogens with zero attached hydrogens (tertiary/aromatic N) is 1. The van der Waals surface area contributed by atoms with Gasteiger partial charge in [-0.25, -0.2) is 0 Å². The van der Waals surface area contributed by atoms with Crippen molar-refractivity contribution in [2.24, 2.45) is 0 Å². The minimum Gasteiger partial charge on any atom is -0.294 e. The average molecular weight is 238 g/mol. The largest absolute Gasteiger partial charge is 0.294 e. The summed E-state index contributed by atoms with van der Waals surface area (Å²) in [5, 5.41) is 0. The molecule has 1 aromatic carbocycles. The van der Waals surface area contributed by atoms with Crippen molar-refractivity contribution in [1.82, 2.24) is 4.90 Å². The van der Waals surface area contributed by atoms with E-state index in [-0.39, 0.29) is 12.4 Å². The Balaban J connectivity index is 0.000000963. The molecule has 1 nitrogen and oxygen atoms in total. The lowest BCUT2D eigenvalue weighted by molar-refractivity contribution is 0.145. The van der Waals surface area contributed by atoms with Gasteiger partial charge in [0, 0.05) is 5.54 Å². The van der Waals surface area contributed by atoms with Gasteiger partial charge in [0.15, 0.2) is 0 Å². The van der Waals surface area contributed by atoms with Crippen molar-refractivity contribution in [3.8, 4) is 0 Å². The summed E-state index contributed by atoms with van der Waals surface area (Å²) < 4.78 is 0. The van der Waals surface area contributed by atoms with E-state index in [1.165, 1.54) is 45.2 Å². The van der Waals surface area contributed by atoms with Crippen LogP contribution in [0.1, 0.15) is 37.7 Å². The first-order valence-corrected chi connectivity index (χ1v) is 6.22. The van der Waals surface area contributed by atoms with E-state index in [1.54, 1.807) is 5.56 Å². The van der Waals surface area contributed by atoms with Crippen LogP contribution in [0.3, 0.4) is 0 Å². The maximum Gasteiger partial charge on any atom is 0.0462 e. The van der Waals surface area contributed by atoms with Gasteiger partial charge in [-0.3, -0.25) is 4.90 Å². The molecule has 1 aliphatic carbocycles. The third-order valence-electron chi connectivity index (χ3n) is 4.00. The number of piperidine rings is 1. The highest BCUT2D eigenvalue weighted by atomic mass is 35.5. The maximum atomic E-state index is 2.73. The summed E-state index contributed by atoms with van der Waals surface area (Å²) >= 11 is 0. The standard InChI is InChI=1S/C14H19N.ClH/c1-3-7-13(8-4-1)14(9-10-14)15-11-5-2-6-12-15;/h1,3-4,7-8H,2,5-6,9-12H2;1H. The third kappa shape index (κ3) is 1.99. The van der Waals surface area contributed by atoms with Crippen molar-refractivity contribution >= 4 is 12.4 Å². The number of halogens is 1. The fourth-order valence-electron chi connectivity index (χ4n) is 2.98. The fourth-order valence-corrected chi connectivity index (χ4v) is 2.98. The van der Waals surface area contributed by atoms with Gasteiger partial charge >= 0.3 is 0 Å². The van der Waals surface area contributed by atoms with Gasteiger partial charge in [0.1, 0.15) is 0 Å². The van der Waals surface area contributed by atoms with Crippen molar-refractivity contribution in [3.63, 3.8) is 0 Å². The van der Waals surface area contributed by atoms with E-state index in [1.807, 2.05) is 0 Å². The minimum absolute atomic E-state index is 0. The van der Waals surface area contributed by atoms with Crippen LogP contribution in [0.2, 0.25) is 0 Å². The molecule has 0 amide bonds. The summed E-state index contributed by atoms with van der Waals surface area (Å²) in [6.07, 6.45) is 6.97. The molecule has 0 aromatic heterocycles. The summed E-state index contributed by atoms with van der Waals surface area (Å²) in [5.74, 6) is 0. The molecule has 0 spiro atoms. The molecule has 1 heterocycles. The van der Waals surface area contributed by atoms with Crippen LogP contribution in [0.15, 0.2) is 30.3 Å². The number of hydrogen-bond donors (Lipinski definition) is 0. The van der Waals surface area contributed by atoms with Crippen LogP contribution in [-0.2, 0) is 5.54 Å². The van der Waals surface area contributed by atoms with Crippen molar-refractivity contribution in [3.05, 3.63) is 35.9 Å². The summed E-state index contributed by atoms with van der Waals surface area (Å²) in [6, 6.07) is 11.1. The molecule has 0 atom stereocenters. The summed E-state index contributed by atoms with van der Waals surface area (Å²) in [5.41, 5.74) is 1.99. The molecule has 2 heteroatoms. The molecular formula is C14H20ClN. The second kappa shape index (κ2) is 4.77. The zero-order chi connectivity index (χ0) is 10.1. The zero-order valence-electron chi connectivity index (χ0n) is 9.69. The second-order valence-electron chi connectivity index (χ2n) is 4.95. The predicted octanol–water partition coefficient (Wildman–Crippen LogP) is 3.58. The molecule has 1 aliphatic heterocycles. The molecule has 88 valence electrons. The van der Waals surface area contributed by atoms with Crippen LogP contribution in [0.4, 0.5) is 0 Å². The average Bonchev–Trinajstić information content (AvgIpc) is 3.13. The Hall–Kier alpha value is -0.530. The Morgan fingerprint density at radius 3 is 2.06 bits per heavy atom. The highest BCUT2D eigenvalue weighted by Gasteiger charge is 2.49. The predicted molar refractivity (Wildman–Crippen MR) is 70.0 cm³/mol. The second-order valence-corrected chi connectivity index (χ2v) is 4.95. The van der Waals surface area contributed by atoms with Gasteiger partial charge in [-0.15, -0.1) is 12.4 Å². The lowest BCUT2D eigenvalue weighted by Gasteiger charge is -2.35. The van der Waals surface area contributed by atoms with Crippen molar-refractivity contribution < 1.29 is 0 Å². The van der Waals surface area contributed by atoms with Gasteiger partial charge in [-0.05, 0) is 44.3 Å². The van der Waals surface area contributed by atoms with E-state index in [0.29, 0.717) is 5.54 Å². The third-order valence-corrected chi connectivity index (χ3v) is 4.00. The Kier molecular flexibility index (Phi) is 3.56. The SMILES string of the molecule is Cl.c1ccc(C2(N3CCCCC3)CC2)cc1. The van der Waals surface area contributed by atoms with Crippen LogP contribution in [0.25, 0.3) is 0 Å². The van der Waals surface area contributed by atoms with Gasteiger partial charge in [0.05, 0.1) is 0 Å². The Bertz CT molecular complexity index is 326. The van der Waals surface area contributed by atoms with Crippen LogP contribution >= 0.6 is 12.4 Å². The number of likely N-dealkylation sites (tertiary alicyclic amines) is 1. The Morgan fingerprint density at radius 2 is 1.50 bits per heavy atom. The zero-order valence-corrected chi connectivity index (χ0v) is 10.5. The van der Waals surface area contributed by atoms with Gasteiger partial charge in [0.2, 0.25) is 0 Å². The minimum atomic E-state index is 0. The summed E-state index contributed by atoms with van der Waals surface area (Å²) in [7, 11) is 0. The Labute approximate surface area is 104 Å². The van der Waals surface area contributed by atoms with Gasteiger partial charge in [-0.1, -0.05) is 36.8 Å². The number of hydrogen-bond acceptors (Lipinski definition) is 1. The molecule has 1 aromatic rings. The van der Waals surface area contributed by atoms with Crippen molar-refractivity contribution in [2.45, 2.75) is 37.6 Å². The highest BCUT2D eigenvalue weighted by molar-refractivity contribution is 5.85. The molecule has 2 fully saturated rings. The van der Waals surface area contributed by atoms with Crippen LogP contribution in [0.5, 0.6) is 0 Å². The van der Waals surface area contributed by atoms with E-state index >= 15 is 0 Å². The summed E-state index contributed by atoms with van der Waals surface area (Å²) in [4.78, 5) is 2.73. The monoisotopic (exact) mass is 237 g/mol. The molecule has 0 N–H and O–H groups in total. The van der Waals surface area contributed by atoms with E-state index in [9.17, 15) is 0 Å². The first-order valence-electron chi connectivity index (χ1n) is 6.22. The van der Waals surface area contributed by atoms with Crippen LogP contribution in [0, 0.1) is 0 Å². The molecule has 0 radical (unpaired) electrons. The molecule has 2 aliphatic rings. The molecule has 1 saturated carbocycles. The van der Waals surface area contributed by atoms with E-state index in [2.05, 4.69) is 35.2 Å². The fraction of sp³-hybridized carbons (Fsp3) is 0.571. The van der Waals surface area contributed by atoms with Gasteiger partial charge in [-0.2, -0.15) is 0 Å². The van der Waals surface area contributed by atoms with Crippen molar-refractivity contribution in [2.75, 3.05) is 13.1 Å². The first kappa shape index (κ1) is 11.9. The number of benzene rings is 1. The Morgan fingerprint density at radius 1 is 0.875 bits per heavy atom. The van der Waals surface area contributed by atoms with Crippen molar-refractivity contribution in [1.29, 1.82) is 0 Å². The van der Waals surface area contributed by atoms with Gasteiger partial charge in [0.25, 0.3) is 0 Å². The molecule has 1 saturated heterocycles. The topological polar surface area (TPSA) is 3.24 Å². The first-order chi connectivity index (χ1) is 7.42. The molecule has 16 heavy (non-hydrogen) atoms. The highest BCUT2D eigenvalue weighted by Crippen LogP contribution is 2.51. The maximum absolute atomic E-state index is 2.73. The summed E-state index contributed by atoms with van der Waals surface area (Å²) in [6.45, 7) is 2.63. The smallest absolute Gasteiger partial charge is 0.0462 e. The van der Waals surface area contributed by atoms with Crippen LogP contribution in [-0.4, -0.2) is 18.0 Å². The van der Waals surface area contributed by atoms with E-state index in [4.69, 9.17) is 0 Å². The lowest BCUT2D eigenvalue weighted by Crippen LogP contribution is -2.39. The quantitative estimate of drug-likeness (QED) is 0.760. The molecule has 0 bridgehead atoms. The van der Waals surface area contributed by atoms with Gasteiger partial charge < -0.3 is 0 Å². The molecule has 3 rings (SSSR count). The van der Waals surface area contributed by atoms with E-state index < -0.39 is 0 Å². The molecular weight excluding hydrogens is 218 g/mol. The lowest BCUT2D eigenvalue weighted by atomic mass is 10.00. The van der Waals surface area contributed by atoms with Crippen LogP contribution < -0.4 is 0 Å².